The van der Waals surface area contributed by atoms with E-state index in [-0.39, 0.29) is 12.4 Å². The van der Waals surface area contributed by atoms with Crippen molar-refractivity contribution in [3.05, 3.63) is 59.1 Å². The molecule has 2 aromatic carbocycles. The first kappa shape index (κ1) is 20.4. The SMILES string of the molecule is CC(N[C@@H](Cc1ccc(-c2cccc(Cl)c2)cc1)C(=O)Nc1nnn[nH]1)C(=O)O. The first-order valence-corrected chi connectivity index (χ1v) is 9.18. The number of anilines is 1. The van der Waals surface area contributed by atoms with Crippen LogP contribution >= 0.6 is 11.6 Å². The Labute approximate surface area is 171 Å². The van der Waals surface area contributed by atoms with Crippen LogP contribution in [0.4, 0.5) is 5.95 Å². The van der Waals surface area contributed by atoms with E-state index in [0.29, 0.717) is 5.02 Å². The maximum atomic E-state index is 12.6. The number of nitrogens with zero attached hydrogens (tertiary/aromatic N) is 3. The quantitative estimate of drug-likeness (QED) is 0.443. The molecule has 2 atom stereocenters. The third-order valence-electron chi connectivity index (χ3n) is 4.28. The van der Waals surface area contributed by atoms with Gasteiger partial charge in [0.15, 0.2) is 0 Å². The maximum absolute atomic E-state index is 12.6. The van der Waals surface area contributed by atoms with Gasteiger partial charge in [-0.1, -0.05) is 53.1 Å². The lowest BCUT2D eigenvalue weighted by molar-refractivity contribution is -0.139. The lowest BCUT2D eigenvalue weighted by atomic mass is 10.00. The zero-order valence-corrected chi connectivity index (χ0v) is 16.2. The molecule has 0 radical (unpaired) electrons. The zero-order chi connectivity index (χ0) is 20.8. The van der Waals surface area contributed by atoms with Gasteiger partial charge in [-0.3, -0.25) is 20.2 Å². The number of rotatable bonds is 8. The van der Waals surface area contributed by atoms with Gasteiger partial charge in [0.05, 0.1) is 6.04 Å². The van der Waals surface area contributed by atoms with Crippen LogP contribution in [0, 0.1) is 0 Å². The highest BCUT2D eigenvalue weighted by Crippen LogP contribution is 2.23. The first-order chi connectivity index (χ1) is 13.9. The van der Waals surface area contributed by atoms with Crippen LogP contribution in [0.2, 0.25) is 5.02 Å². The summed E-state index contributed by atoms with van der Waals surface area (Å²) in [5.74, 6) is -1.42. The number of carbonyl (C=O) groups is 2. The van der Waals surface area contributed by atoms with E-state index in [1.807, 2.05) is 48.5 Å². The summed E-state index contributed by atoms with van der Waals surface area (Å²) in [7, 11) is 0. The van der Waals surface area contributed by atoms with E-state index in [1.165, 1.54) is 6.92 Å². The molecule has 0 aliphatic heterocycles. The summed E-state index contributed by atoms with van der Waals surface area (Å²) in [5, 5.41) is 28.0. The van der Waals surface area contributed by atoms with Crippen molar-refractivity contribution in [2.75, 3.05) is 5.32 Å². The van der Waals surface area contributed by atoms with Crippen LogP contribution in [0.5, 0.6) is 0 Å². The van der Waals surface area contributed by atoms with Crippen molar-refractivity contribution in [3.8, 4) is 11.1 Å². The summed E-state index contributed by atoms with van der Waals surface area (Å²) in [5.41, 5.74) is 2.82. The molecule has 1 amide bonds. The van der Waals surface area contributed by atoms with E-state index in [4.69, 9.17) is 11.6 Å². The van der Waals surface area contributed by atoms with Gasteiger partial charge in [-0.25, -0.2) is 5.10 Å². The molecule has 3 aromatic rings. The molecule has 3 rings (SSSR count). The summed E-state index contributed by atoms with van der Waals surface area (Å²) < 4.78 is 0. The largest absolute Gasteiger partial charge is 0.480 e. The number of nitrogens with one attached hydrogen (secondary N) is 3. The van der Waals surface area contributed by atoms with Gasteiger partial charge in [-0.2, -0.15) is 0 Å². The van der Waals surface area contributed by atoms with Crippen molar-refractivity contribution >= 4 is 29.4 Å². The number of hydrogen-bond donors (Lipinski definition) is 4. The average molecular weight is 415 g/mol. The molecule has 0 spiro atoms. The van der Waals surface area contributed by atoms with Gasteiger partial charge in [0.25, 0.3) is 0 Å². The fourth-order valence-corrected chi connectivity index (χ4v) is 2.94. The summed E-state index contributed by atoms with van der Waals surface area (Å²) in [6, 6.07) is 13.4. The minimum atomic E-state index is -1.06. The zero-order valence-electron chi connectivity index (χ0n) is 15.5. The number of H-pyrrole nitrogens is 1. The van der Waals surface area contributed by atoms with Crippen LogP contribution in [-0.4, -0.2) is 49.7 Å². The molecular formula is C19H19ClN6O3. The summed E-state index contributed by atoms with van der Waals surface area (Å²) in [6.07, 6.45) is 0.279. The number of halogens is 1. The Balaban J connectivity index is 1.75. The predicted octanol–water partition coefficient (Wildman–Crippen LogP) is 2.13. The molecule has 4 N–H and O–H groups in total. The summed E-state index contributed by atoms with van der Waals surface area (Å²) in [6.45, 7) is 1.47. The second kappa shape index (κ2) is 9.26. The first-order valence-electron chi connectivity index (χ1n) is 8.80. The second-order valence-electron chi connectivity index (χ2n) is 6.43. The Morgan fingerprint density at radius 3 is 2.55 bits per heavy atom. The van der Waals surface area contributed by atoms with Crippen molar-refractivity contribution in [1.82, 2.24) is 25.9 Å². The normalized spacial score (nSPS) is 12.9. The third kappa shape index (κ3) is 5.59. The number of hydrogen-bond acceptors (Lipinski definition) is 6. The molecule has 0 aliphatic carbocycles. The molecule has 150 valence electrons. The Morgan fingerprint density at radius 1 is 1.17 bits per heavy atom. The fraction of sp³-hybridized carbons (Fsp3) is 0.211. The molecule has 0 saturated heterocycles. The number of benzene rings is 2. The number of carboxylic acid groups (broad SMARTS) is 1. The van der Waals surface area contributed by atoms with Crippen molar-refractivity contribution in [2.24, 2.45) is 0 Å². The van der Waals surface area contributed by atoms with Crippen LogP contribution < -0.4 is 10.6 Å². The number of aromatic amines is 1. The molecule has 1 unspecified atom stereocenters. The number of aliphatic carboxylic acids is 1. The monoisotopic (exact) mass is 414 g/mol. The fourth-order valence-electron chi connectivity index (χ4n) is 2.75. The Kier molecular flexibility index (Phi) is 6.53. The Hall–Kier alpha value is -3.30. The second-order valence-corrected chi connectivity index (χ2v) is 6.87. The predicted molar refractivity (Wildman–Crippen MR) is 107 cm³/mol. The minimum Gasteiger partial charge on any atom is -0.480 e. The van der Waals surface area contributed by atoms with Crippen LogP contribution in [0.3, 0.4) is 0 Å². The van der Waals surface area contributed by atoms with E-state index in [9.17, 15) is 14.7 Å². The van der Waals surface area contributed by atoms with Crippen LogP contribution in [0.1, 0.15) is 12.5 Å². The lowest BCUT2D eigenvalue weighted by Crippen LogP contribution is -2.49. The van der Waals surface area contributed by atoms with E-state index >= 15 is 0 Å². The van der Waals surface area contributed by atoms with Crippen molar-refractivity contribution in [1.29, 1.82) is 0 Å². The number of carbonyl (C=O) groups excluding carboxylic acids is 1. The van der Waals surface area contributed by atoms with Gasteiger partial charge in [0.1, 0.15) is 6.04 Å². The molecule has 1 heterocycles. The molecule has 0 bridgehead atoms. The summed E-state index contributed by atoms with van der Waals surface area (Å²) in [4.78, 5) is 23.8. The number of tetrazole rings is 1. The van der Waals surface area contributed by atoms with Gasteiger partial charge in [-0.15, -0.1) is 0 Å². The maximum Gasteiger partial charge on any atom is 0.320 e. The van der Waals surface area contributed by atoms with Crippen molar-refractivity contribution < 1.29 is 14.7 Å². The topological polar surface area (TPSA) is 133 Å². The number of carboxylic acids is 1. The van der Waals surface area contributed by atoms with Crippen molar-refractivity contribution in [3.63, 3.8) is 0 Å². The van der Waals surface area contributed by atoms with Crippen LogP contribution in [-0.2, 0) is 16.0 Å². The molecule has 1 aromatic heterocycles. The van der Waals surface area contributed by atoms with Gasteiger partial charge in [0.2, 0.25) is 11.9 Å². The molecule has 9 nitrogen and oxygen atoms in total. The minimum absolute atomic E-state index is 0.0843. The van der Waals surface area contributed by atoms with Crippen molar-refractivity contribution in [2.45, 2.75) is 25.4 Å². The highest BCUT2D eigenvalue weighted by molar-refractivity contribution is 6.30. The molecule has 0 saturated carbocycles. The molecule has 10 heteroatoms. The molecule has 0 aliphatic rings. The molecular weight excluding hydrogens is 396 g/mol. The van der Waals surface area contributed by atoms with Crippen LogP contribution in [0.25, 0.3) is 11.1 Å². The Morgan fingerprint density at radius 2 is 1.93 bits per heavy atom. The Bertz CT molecular complexity index is 978. The van der Waals surface area contributed by atoms with E-state index in [2.05, 4.69) is 31.3 Å². The molecule has 0 fully saturated rings. The average Bonchev–Trinajstić information content (AvgIpc) is 3.21. The standard InChI is InChI=1S/C19H19ClN6O3/c1-11(18(28)29)21-16(17(27)22-19-23-25-26-24-19)9-12-5-7-13(8-6-12)14-3-2-4-15(20)10-14/h2-8,10-11,16,21H,9H2,1H3,(H,28,29)(H2,22,23,24,25,26,27)/t11?,16-/m0/s1. The van der Waals surface area contributed by atoms with Gasteiger partial charge in [-0.05, 0) is 52.6 Å². The number of aromatic nitrogens is 4. The smallest absolute Gasteiger partial charge is 0.320 e. The van der Waals surface area contributed by atoms with E-state index in [1.54, 1.807) is 0 Å². The number of amides is 1. The highest BCUT2D eigenvalue weighted by atomic mass is 35.5. The third-order valence-corrected chi connectivity index (χ3v) is 4.51. The van der Waals surface area contributed by atoms with Gasteiger partial charge < -0.3 is 5.11 Å². The van der Waals surface area contributed by atoms with Crippen LogP contribution in [0.15, 0.2) is 48.5 Å². The van der Waals surface area contributed by atoms with Gasteiger partial charge in [0, 0.05) is 5.02 Å². The molecule has 29 heavy (non-hydrogen) atoms. The lowest BCUT2D eigenvalue weighted by Gasteiger charge is -2.20. The summed E-state index contributed by atoms with van der Waals surface area (Å²) >= 11 is 6.04. The highest BCUT2D eigenvalue weighted by Gasteiger charge is 2.24. The van der Waals surface area contributed by atoms with Gasteiger partial charge >= 0.3 is 5.97 Å². The van der Waals surface area contributed by atoms with E-state index in [0.717, 1.165) is 16.7 Å². The van der Waals surface area contributed by atoms with E-state index < -0.39 is 24.0 Å².